The molecule has 2 spiro atoms. The summed E-state index contributed by atoms with van der Waals surface area (Å²) < 4.78 is 59.4. The van der Waals surface area contributed by atoms with E-state index in [1.54, 1.807) is 0 Å². The number of ketones is 1. The van der Waals surface area contributed by atoms with Crippen molar-refractivity contribution in [1.29, 1.82) is 0 Å². The second kappa shape index (κ2) is 15.8. The van der Waals surface area contributed by atoms with Gasteiger partial charge in [-0.3, -0.25) is 9.69 Å². The van der Waals surface area contributed by atoms with Gasteiger partial charge in [0.25, 0.3) is 0 Å². The lowest BCUT2D eigenvalue weighted by Gasteiger charge is -2.71. The summed E-state index contributed by atoms with van der Waals surface area (Å²) in [7, 11) is 0. The van der Waals surface area contributed by atoms with Crippen LogP contribution in [0, 0.1) is 33.5 Å². The number of nitrogens with zero attached hydrogens (tertiary/aromatic N) is 1. The van der Waals surface area contributed by atoms with Gasteiger partial charge in [0.15, 0.2) is 5.76 Å². The molecule has 1 aliphatic heterocycles. The topological polar surface area (TPSA) is 113 Å². The van der Waals surface area contributed by atoms with Crippen LogP contribution in [0.5, 0.6) is 0 Å². The first-order valence-corrected chi connectivity index (χ1v) is 22.4. The van der Waals surface area contributed by atoms with Crippen LogP contribution in [0.2, 0.25) is 5.02 Å². The number of aliphatic hydroxyl groups excluding tert-OH is 2. The maximum atomic E-state index is 15.2. The van der Waals surface area contributed by atoms with Crippen molar-refractivity contribution in [3.05, 3.63) is 106 Å². The Morgan fingerprint density at radius 1 is 0.984 bits per heavy atom. The van der Waals surface area contributed by atoms with Crippen molar-refractivity contribution in [2.45, 2.75) is 108 Å². The molecule has 10 rings (SSSR count). The van der Waals surface area contributed by atoms with Crippen molar-refractivity contribution in [2.75, 3.05) is 32.8 Å². The van der Waals surface area contributed by atoms with Crippen LogP contribution in [0.4, 0.5) is 13.2 Å². The van der Waals surface area contributed by atoms with Crippen molar-refractivity contribution in [3.63, 3.8) is 0 Å². The molecular weight excluding hydrogens is 807 g/mol. The van der Waals surface area contributed by atoms with Crippen molar-refractivity contribution < 1.29 is 47.2 Å². The first-order valence-electron chi connectivity index (χ1n) is 22.0. The zero-order valence-electron chi connectivity index (χ0n) is 34.9. The average molecular weight is 864 g/mol. The first kappa shape index (κ1) is 43.0. The van der Waals surface area contributed by atoms with Gasteiger partial charge in [0.2, 0.25) is 5.78 Å². The van der Waals surface area contributed by atoms with E-state index in [4.69, 9.17) is 25.5 Å². The van der Waals surface area contributed by atoms with Gasteiger partial charge in [-0.15, -0.1) is 0 Å². The molecule has 4 fully saturated rings. The highest BCUT2D eigenvalue weighted by Crippen LogP contribution is 2.78. The van der Waals surface area contributed by atoms with Gasteiger partial charge >= 0.3 is 6.18 Å². The van der Waals surface area contributed by atoms with Crippen LogP contribution < -0.4 is 0 Å². The van der Waals surface area contributed by atoms with Crippen molar-refractivity contribution in [1.82, 2.24) is 4.90 Å². The number of Topliss-reactive ketones (excluding diaryl/α,β-unsaturated/α-hetero) is 1. The predicted octanol–water partition coefficient (Wildman–Crippen LogP) is 9.45. The monoisotopic (exact) mass is 863 g/mol. The van der Waals surface area contributed by atoms with E-state index in [-0.39, 0.29) is 57.9 Å². The molecule has 0 amide bonds. The Morgan fingerprint density at radius 3 is 2.49 bits per heavy atom. The molecule has 8 nitrogen and oxygen atoms in total. The van der Waals surface area contributed by atoms with Crippen LogP contribution in [-0.4, -0.2) is 82.8 Å². The van der Waals surface area contributed by atoms with E-state index in [2.05, 4.69) is 37.0 Å². The Morgan fingerprint density at radius 2 is 1.74 bits per heavy atom. The zero-order valence-corrected chi connectivity index (χ0v) is 35.7. The molecule has 10 atom stereocenters. The molecule has 6 aliphatic carbocycles. The van der Waals surface area contributed by atoms with Gasteiger partial charge in [-0.2, -0.15) is 13.2 Å². The van der Waals surface area contributed by atoms with Crippen LogP contribution in [-0.2, 0) is 22.3 Å². The molecular formula is C49H57ClF3NO7. The summed E-state index contributed by atoms with van der Waals surface area (Å²) in [5.74, 6) is -0.396. The summed E-state index contributed by atoms with van der Waals surface area (Å²) in [4.78, 5) is 17.3. The molecule has 3 N–H and O–H groups in total. The molecule has 7 aliphatic rings. The minimum absolute atomic E-state index is 0.00464. The molecule has 61 heavy (non-hydrogen) atoms. The van der Waals surface area contributed by atoms with Crippen LogP contribution in [0.25, 0.3) is 11.3 Å². The second-order valence-corrected chi connectivity index (χ2v) is 19.9. The number of rotatable bonds is 13. The highest BCUT2D eigenvalue weighted by molar-refractivity contribution is 6.33. The van der Waals surface area contributed by atoms with Crippen molar-refractivity contribution >= 4 is 17.4 Å². The van der Waals surface area contributed by atoms with E-state index in [0.29, 0.717) is 64.1 Å². The number of hydrogen-bond donors (Lipinski definition) is 3. The number of hydrogen-bond acceptors (Lipinski definition) is 8. The van der Waals surface area contributed by atoms with Gasteiger partial charge in [-0.1, -0.05) is 74.0 Å². The zero-order chi connectivity index (χ0) is 43.0. The van der Waals surface area contributed by atoms with Crippen LogP contribution in [0.15, 0.2) is 88.9 Å². The van der Waals surface area contributed by atoms with Crippen molar-refractivity contribution in [2.24, 2.45) is 33.5 Å². The normalized spacial score (nSPS) is 35.8. The Bertz CT molecular complexity index is 2190. The number of aliphatic hydroxyl groups is 3. The number of furan rings is 1. The van der Waals surface area contributed by atoms with Gasteiger partial charge < -0.3 is 29.2 Å². The van der Waals surface area contributed by atoms with E-state index in [0.717, 1.165) is 49.8 Å². The lowest BCUT2D eigenvalue weighted by atomic mass is 9.32. The second-order valence-electron chi connectivity index (χ2n) is 19.5. The molecule has 1 aromatic heterocycles. The largest absolute Gasteiger partial charge is 0.453 e. The minimum atomic E-state index is -4.59. The van der Waals surface area contributed by atoms with E-state index in [1.165, 1.54) is 18.2 Å². The molecule has 1 saturated heterocycles. The number of carbonyl (C=O) groups excluding carboxylic acids is 1. The summed E-state index contributed by atoms with van der Waals surface area (Å²) in [6, 6.07) is 15.9. The molecule has 2 aromatic carbocycles. The summed E-state index contributed by atoms with van der Waals surface area (Å²) in [6.45, 7) is 6.89. The van der Waals surface area contributed by atoms with Gasteiger partial charge in [0.05, 0.1) is 47.7 Å². The lowest BCUT2D eigenvalue weighted by molar-refractivity contribution is -0.178. The molecule has 328 valence electrons. The highest BCUT2D eigenvalue weighted by atomic mass is 35.5. The van der Waals surface area contributed by atoms with Gasteiger partial charge in [-0.05, 0) is 111 Å². The van der Waals surface area contributed by atoms with E-state index in [1.807, 2.05) is 30.3 Å². The number of halogens is 4. The smallest absolute Gasteiger partial charge is 0.416 e. The fourth-order valence-corrected chi connectivity index (χ4v) is 13.3. The van der Waals surface area contributed by atoms with Gasteiger partial charge in [0.1, 0.15) is 5.76 Å². The number of benzene rings is 2. The minimum Gasteiger partial charge on any atom is -0.453 e. The quantitative estimate of drug-likeness (QED) is 0.115. The SMILES string of the molecule is C[C@]12CC[C@H]3[C@]4(C=C[C@@]5(C=C4C(=O)c4ccc(-c6cc(C(F)(F)F)ccc6Cl)o4)CC(O)CC[C@]35C)[C@@H]1CC[C@@]2(O)CN(C[C@@H](O)COCc1ccccc1)C[C@H]1CCCO1. The molecule has 1 unspecified atom stereocenters. The number of carbonyl (C=O) groups is 1. The molecule has 2 bridgehead atoms. The average Bonchev–Trinajstić information content (AvgIpc) is 3.98. The summed E-state index contributed by atoms with van der Waals surface area (Å²) in [6.07, 6.45) is 7.07. The third kappa shape index (κ3) is 7.18. The molecule has 0 radical (unpaired) electrons. The third-order valence-corrected chi connectivity index (χ3v) is 16.5. The van der Waals surface area contributed by atoms with Gasteiger partial charge in [-0.25, -0.2) is 0 Å². The molecule has 2 heterocycles. The fraction of sp³-hybridized carbons (Fsp3) is 0.571. The molecule has 3 aromatic rings. The molecule has 12 heteroatoms. The Balaban J connectivity index is 1.04. The van der Waals surface area contributed by atoms with Crippen molar-refractivity contribution in [3.8, 4) is 11.3 Å². The Hall–Kier alpha value is -3.29. The standard InChI is InChI=1S/C49H57ClF3NO7/c1-44-17-14-33(55)24-46(44)20-21-48(37(25-46)43(57)40-13-12-39(61-40)36-23-32(49(51,52)53)10-11-38(36)50)41(44)15-18-45(2)42(48)16-19-47(45,58)30-54(27-35-9-6-22-60-35)26-34(56)29-59-28-31-7-4-3-5-8-31/h3-5,7-8,10-13,20-21,23,25,33-35,41-42,55-56,58H,6,9,14-19,22,24,26-30H2,1-2H3/t33?,34-,35-,41-,42-,44-,45+,46+,47-,48-/m1/s1. The van der Waals surface area contributed by atoms with E-state index >= 15 is 4.79 Å². The van der Waals surface area contributed by atoms with Crippen LogP contribution in [0.3, 0.4) is 0 Å². The Labute approximate surface area is 360 Å². The summed E-state index contributed by atoms with van der Waals surface area (Å²) in [5.41, 5.74) is -2.67. The van der Waals surface area contributed by atoms with Crippen LogP contribution >= 0.6 is 11.6 Å². The number of ether oxygens (including phenoxy) is 2. The highest BCUT2D eigenvalue weighted by Gasteiger charge is 2.74. The summed E-state index contributed by atoms with van der Waals surface area (Å²) >= 11 is 6.41. The Kier molecular flexibility index (Phi) is 11.1. The first-order chi connectivity index (χ1) is 29.0. The fourth-order valence-electron chi connectivity index (χ4n) is 13.1. The maximum Gasteiger partial charge on any atom is 0.416 e. The van der Waals surface area contributed by atoms with E-state index in [9.17, 15) is 28.5 Å². The number of fused-ring (bicyclic) bond motifs is 1. The predicted molar refractivity (Wildman–Crippen MR) is 225 cm³/mol. The summed E-state index contributed by atoms with van der Waals surface area (Å²) in [5, 5.41) is 35.7. The van der Waals surface area contributed by atoms with Crippen LogP contribution in [0.1, 0.15) is 93.3 Å². The lowest BCUT2D eigenvalue weighted by Crippen LogP contribution is -2.67. The third-order valence-electron chi connectivity index (χ3n) is 16.2. The molecule has 3 saturated carbocycles. The van der Waals surface area contributed by atoms with E-state index < -0.39 is 45.8 Å². The number of allylic oxidation sites excluding steroid dienone is 4. The maximum absolute atomic E-state index is 15.2. The number of alkyl halides is 3. The van der Waals surface area contributed by atoms with Gasteiger partial charge in [0, 0.05) is 53.6 Å².